The summed E-state index contributed by atoms with van der Waals surface area (Å²) in [6.45, 7) is 3.65. The van der Waals surface area contributed by atoms with Gasteiger partial charge in [0, 0.05) is 11.8 Å². The van der Waals surface area contributed by atoms with Crippen molar-refractivity contribution in [3.8, 4) is 0 Å². The molecule has 1 atom stereocenters. The van der Waals surface area contributed by atoms with E-state index in [1.807, 2.05) is 6.08 Å². The Bertz CT molecular complexity index is 835. The number of rotatable bonds is 4. The molecule has 1 aliphatic rings. The molecule has 0 heterocycles. The summed E-state index contributed by atoms with van der Waals surface area (Å²) in [5.41, 5.74) is 3.84. The van der Waals surface area contributed by atoms with Crippen LogP contribution in [-0.2, 0) is 6.42 Å². The average molecular weight is 355 g/mol. The first-order valence-electron chi connectivity index (χ1n) is 8.58. The maximum atomic E-state index is 13.7. The number of nitrogens with zero attached hydrogens (tertiary/aromatic N) is 1. The number of alkyl halides is 2. The van der Waals surface area contributed by atoms with Crippen molar-refractivity contribution >= 4 is 17.9 Å². The molecule has 0 N–H and O–H groups in total. The Labute approximate surface area is 151 Å². The fourth-order valence-electron chi connectivity index (χ4n) is 3.26. The molecule has 0 bridgehead atoms. The van der Waals surface area contributed by atoms with Crippen molar-refractivity contribution in [1.29, 1.82) is 0 Å². The van der Waals surface area contributed by atoms with Crippen molar-refractivity contribution in [3.05, 3.63) is 83.2 Å². The number of benzene rings is 2. The van der Waals surface area contributed by atoms with Crippen LogP contribution in [0, 0.1) is 5.82 Å². The summed E-state index contributed by atoms with van der Waals surface area (Å²) in [6, 6.07) is 11.1. The summed E-state index contributed by atoms with van der Waals surface area (Å²) in [6.07, 6.45) is 5.11. The highest BCUT2D eigenvalue weighted by atomic mass is 19.3. The molecule has 0 aromatic heterocycles. The predicted octanol–water partition coefficient (Wildman–Crippen LogP) is 6.27. The first-order chi connectivity index (χ1) is 12.6. The second-order valence-corrected chi connectivity index (χ2v) is 6.37. The van der Waals surface area contributed by atoms with Crippen LogP contribution < -0.4 is 0 Å². The van der Waals surface area contributed by atoms with Gasteiger partial charge in [-0.3, -0.25) is 4.99 Å². The molecule has 0 radical (unpaired) electrons. The van der Waals surface area contributed by atoms with E-state index in [2.05, 4.69) is 11.6 Å². The van der Waals surface area contributed by atoms with E-state index in [0.29, 0.717) is 6.42 Å². The molecule has 2 aromatic carbocycles. The summed E-state index contributed by atoms with van der Waals surface area (Å²) in [7, 11) is 0. The average Bonchev–Trinajstić information content (AvgIpc) is 2.79. The number of aryl methyl sites for hydroxylation is 1. The normalized spacial score (nSPS) is 18.9. The Hall–Kier alpha value is -2.62. The first-order valence-corrected chi connectivity index (χ1v) is 8.58. The van der Waals surface area contributed by atoms with E-state index in [4.69, 9.17) is 0 Å². The molecule has 0 spiro atoms. The van der Waals surface area contributed by atoms with E-state index in [9.17, 15) is 13.2 Å². The molecular formula is C22H20F3N. The van der Waals surface area contributed by atoms with E-state index in [-0.39, 0.29) is 17.4 Å². The number of aliphatic imine (C=N–C) groups is 1. The van der Waals surface area contributed by atoms with Gasteiger partial charge in [-0.2, -0.15) is 0 Å². The van der Waals surface area contributed by atoms with Crippen LogP contribution in [0.1, 0.15) is 41.5 Å². The lowest BCUT2D eigenvalue weighted by Crippen LogP contribution is -2.04. The van der Waals surface area contributed by atoms with Crippen LogP contribution in [0.2, 0.25) is 0 Å². The van der Waals surface area contributed by atoms with Crippen LogP contribution in [-0.4, -0.2) is 12.3 Å². The maximum absolute atomic E-state index is 13.7. The van der Waals surface area contributed by atoms with E-state index in [0.717, 1.165) is 35.1 Å². The summed E-state index contributed by atoms with van der Waals surface area (Å²) in [5.74, 6) is -0.252. The largest absolute Gasteiger partial charge is 0.290 e. The number of halogens is 3. The first kappa shape index (κ1) is 18.2. The molecule has 0 amide bonds. The Kier molecular flexibility index (Phi) is 5.71. The van der Waals surface area contributed by atoms with Crippen molar-refractivity contribution in [3.63, 3.8) is 0 Å². The van der Waals surface area contributed by atoms with E-state index >= 15 is 0 Å². The Morgan fingerprint density at radius 2 is 1.88 bits per heavy atom. The fourth-order valence-corrected chi connectivity index (χ4v) is 3.26. The van der Waals surface area contributed by atoms with E-state index in [1.54, 1.807) is 36.6 Å². The van der Waals surface area contributed by atoms with Crippen molar-refractivity contribution in [1.82, 2.24) is 0 Å². The van der Waals surface area contributed by atoms with Crippen LogP contribution in [0.5, 0.6) is 0 Å². The van der Waals surface area contributed by atoms with Crippen LogP contribution >= 0.6 is 0 Å². The molecule has 4 heteroatoms. The van der Waals surface area contributed by atoms with Gasteiger partial charge in [0.05, 0.1) is 6.04 Å². The van der Waals surface area contributed by atoms with Gasteiger partial charge in [-0.15, -0.1) is 0 Å². The molecule has 0 saturated heterocycles. The zero-order chi connectivity index (χ0) is 18.5. The summed E-state index contributed by atoms with van der Waals surface area (Å²) in [5, 5.41) is 0. The van der Waals surface area contributed by atoms with Crippen LogP contribution in [0.25, 0.3) is 11.6 Å². The zero-order valence-electron chi connectivity index (χ0n) is 14.3. The zero-order valence-corrected chi connectivity index (χ0v) is 14.3. The molecular weight excluding hydrogens is 335 g/mol. The van der Waals surface area contributed by atoms with Crippen LogP contribution in [0.15, 0.2) is 60.1 Å². The Balaban J connectivity index is 1.99. The molecule has 2 aromatic rings. The highest BCUT2D eigenvalue weighted by Crippen LogP contribution is 2.33. The van der Waals surface area contributed by atoms with E-state index in [1.165, 1.54) is 18.2 Å². The third kappa shape index (κ3) is 4.31. The molecule has 1 nitrogen and oxygen atoms in total. The Morgan fingerprint density at radius 3 is 2.58 bits per heavy atom. The maximum Gasteiger partial charge on any atom is 0.263 e. The van der Waals surface area contributed by atoms with Gasteiger partial charge in [-0.1, -0.05) is 49.1 Å². The minimum Gasteiger partial charge on any atom is -0.290 e. The number of hydrogen-bond acceptors (Lipinski definition) is 1. The summed E-state index contributed by atoms with van der Waals surface area (Å²) < 4.78 is 39.1. The minimum absolute atomic E-state index is 0.00365. The third-order valence-electron chi connectivity index (χ3n) is 4.55. The SMILES string of the molecule is C=C/C=N\C1CCc2cc(F)ccc2/C(=C\c2ccc(C(F)F)cc2)C1. The second kappa shape index (κ2) is 8.17. The molecule has 0 aliphatic heterocycles. The van der Waals surface area contributed by atoms with Gasteiger partial charge in [-0.05, 0) is 53.7 Å². The quantitative estimate of drug-likeness (QED) is 0.453. The van der Waals surface area contributed by atoms with Crippen molar-refractivity contribution in [2.75, 3.05) is 0 Å². The molecule has 3 rings (SSSR count). The van der Waals surface area contributed by atoms with Crippen LogP contribution in [0.3, 0.4) is 0 Å². The summed E-state index contributed by atoms with van der Waals surface area (Å²) in [4.78, 5) is 4.52. The monoisotopic (exact) mass is 355 g/mol. The number of hydrogen-bond donors (Lipinski definition) is 0. The standard InChI is InChI=1S/C22H20F3N/c1-2-11-26-20-9-7-17-13-19(23)8-10-21(17)18(14-20)12-15-3-5-16(6-4-15)22(24)25/h2-6,8,10-13,20,22H,1,7,9,14H2/b18-12-,26-11-. The predicted molar refractivity (Wildman–Crippen MR) is 101 cm³/mol. The molecule has 0 saturated carbocycles. The molecule has 0 fully saturated rings. The highest BCUT2D eigenvalue weighted by Gasteiger charge is 2.19. The van der Waals surface area contributed by atoms with Gasteiger partial charge >= 0.3 is 0 Å². The van der Waals surface area contributed by atoms with Gasteiger partial charge in [0.25, 0.3) is 6.43 Å². The molecule has 1 aliphatic carbocycles. The molecule has 26 heavy (non-hydrogen) atoms. The third-order valence-corrected chi connectivity index (χ3v) is 4.55. The van der Waals surface area contributed by atoms with Gasteiger partial charge in [-0.25, -0.2) is 13.2 Å². The molecule has 134 valence electrons. The second-order valence-electron chi connectivity index (χ2n) is 6.37. The number of allylic oxidation sites excluding steroid dienone is 1. The van der Waals surface area contributed by atoms with Gasteiger partial charge < -0.3 is 0 Å². The Morgan fingerprint density at radius 1 is 1.12 bits per heavy atom. The van der Waals surface area contributed by atoms with Gasteiger partial charge in [0.15, 0.2) is 0 Å². The minimum atomic E-state index is -2.48. The topological polar surface area (TPSA) is 12.4 Å². The lowest BCUT2D eigenvalue weighted by atomic mass is 9.95. The smallest absolute Gasteiger partial charge is 0.263 e. The number of fused-ring (bicyclic) bond motifs is 1. The lowest BCUT2D eigenvalue weighted by Gasteiger charge is -2.12. The van der Waals surface area contributed by atoms with Crippen molar-refractivity contribution < 1.29 is 13.2 Å². The van der Waals surface area contributed by atoms with Gasteiger partial charge in [0.1, 0.15) is 5.82 Å². The fraction of sp³-hybridized carbons (Fsp3) is 0.227. The van der Waals surface area contributed by atoms with E-state index < -0.39 is 6.43 Å². The summed E-state index contributed by atoms with van der Waals surface area (Å²) >= 11 is 0. The lowest BCUT2D eigenvalue weighted by molar-refractivity contribution is 0.151. The molecule has 1 unspecified atom stereocenters. The van der Waals surface area contributed by atoms with Crippen molar-refractivity contribution in [2.45, 2.75) is 31.7 Å². The van der Waals surface area contributed by atoms with Crippen molar-refractivity contribution in [2.24, 2.45) is 4.99 Å². The van der Waals surface area contributed by atoms with Crippen LogP contribution in [0.4, 0.5) is 13.2 Å². The van der Waals surface area contributed by atoms with Gasteiger partial charge in [0.2, 0.25) is 0 Å². The highest BCUT2D eigenvalue weighted by molar-refractivity contribution is 5.84.